The van der Waals surface area contributed by atoms with Gasteiger partial charge in [0.05, 0.1) is 16.5 Å². The number of nitrogens with zero attached hydrogens (tertiary/aromatic N) is 5. The van der Waals surface area contributed by atoms with E-state index < -0.39 is 0 Å². The quantitative estimate of drug-likeness (QED) is 0.325. The summed E-state index contributed by atoms with van der Waals surface area (Å²) in [5.41, 5.74) is 4.84. The highest BCUT2D eigenvalue weighted by atomic mass is 32.2. The number of pyridine rings is 1. The maximum absolute atomic E-state index is 5.74. The van der Waals surface area contributed by atoms with E-state index in [-0.39, 0.29) is 0 Å². The highest BCUT2D eigenvalue weighted by Crippen LogP contribution is 2.44. The molecule has 4 aromatic rings. The predicted molar refractivity (Wildman–Crippen MR) is 129 cm³/mol. The second-order valence-corrected chi connectivity index (χ2v) is 9.94. The monoisotopic (exact) mass is 451 g/mol. The Morgan fingerprint density at radius 2 is 1.94 bits per heavy atom. The summed E-state index contributed by atoms with van der Waals surface area (Å²) in [6, 6.07) is 3.96. The van der Waals surface area contributed by atoms with Gasteiger partial charge in [-0.25, -0.2) is 15.0 Å². The van der Waals surface area contributed by atoms with E-state index in [0.717, 1.165) is 84.8 Å². The van der Waals surface area contributed by atoms with Gasteiger partial charge >= 0.3 is 0 Å². The molecule has 31 heavy (non-hydrogen) atoms. The molecule has 1 saturated heterocycles. The molecule has 6 nitrogen and oxygen atoms in total. The Labute approximate surface area is 189 Å². The van der Waals surface area contributed by atoms with Crippen LogP contribution in [-0.4, -0.2) is 58.8 Å². The number of likely N-dealkylation sites (N-methyl/N-ethyl adjacent to an activating group) is 1. The van der Waals surface area contributed by atoms with Crippen molar-refractivity contribution in [2.45, 2.75) is 31.3 Å². The number of anilines is 1. The Bertz CT molecular complexity index is 1260. The summed E-state index contributed by atoms with van der Waals surface area (Å²) >= 11 is 3.37. The Morgan fingerprint density at radius 3 is 2.68 bits per heavy atom. The van der Waals surface area contributed by atoms with Crippen LogP contribution in [0.5, 0.6) is 0 Å². The van der Waals surface area contributed by atoms with Crippen molar-refractivity contribution >= 4 is 49.3 Å². The molecule has 1 aliphatic carbocycles. The SMILES string of the molecule is CCN1CCN(c2nc(SC)nc3c2sc2nc(-c4ccco4)c4c(c23)CCC4)CC1. The zero-order valence-electron chi connectivity index (χ0n) is 17.8. The average Bonchev–Trinajstić information content (AvgIpc) is 3.57. The number of piperazine rings is 1. The van der Waals surface area contributed by atoms with E-state index in [2.05, 4.69) is 23.0 Å². The minimum absolute atomic E-state index is 0.849. The summed E-state index contributed by atoms with van der Waals surface area (Å²) < 4.78 is 6.92. The van der Waals surface area contributed by atoms with Gasteiger partial charge in [-0.2, -0.15) is 0 Å². The van der Waals surface area contributed by atoms with E-state index in [4.69, 9.17) is 19.4 Å². The fraction of sp³-hybridized carbons (Fsp3) is 0.435. The van der Waals surface area contributed by atoms with Crippen LogP contribution in [0.2, 0.25) is 0 Å². The molecule has 0 radical (unpaired) electrons. The normalized spacial score (nSPS) is 17.2. The van der Waals surface area contributed by atoms with Crippen LogP contribution in [0.3, 0.4) is 0 Å². The van der Waals surface area contributed by atoms with E-state index in [1.54, 1.807) is 29.4 Å². The molecule has 0 spiro atoms. The molecule has 0 aromatic carbocycles. The smallest absolute Gasteiger partial charge is 0.189 e. The minimum atomic E-state index is 0.849. The molecule has 4 aromatic heterocycles. The maximum atomic E-state index is 5.74. The fourth-order valence-electron chi connectivity index (χ4n) is 4.93. The highest BCUT2D eigenvalue weighted by molar-refractivity contribution is 7.98. The van der Waals surface area contributed by atoms with Gasteiger partial charge in [0.15, 0.2) is 16.7 Å². The van der Waals surface area contributed by atoms with Gasteiger partial charge < -0.3 is 14.2 Å². The van der Waals surface area contributed by atoms with Gasteiger partial charge in [-0.1, -0.05) is 18.7 Å². The lowest BCUT2D eigenvalue weighted by Crippen LogP contribution is -2.46. The number of fused-ring (bicyclic) bond motifs is 5. The van der Waals surface area contributed by atoms with Crippen molar-refractivity contribution in [2.24, 2.45) is 0 Å². The van der Waals surface area contributed by atoms with Crippen LogP contribution >= 0.6 is 23.1 Å². The number of furan rings is 1. The van der Waals surface area contributed by atoms with Gasteiger partial charge in [0.2, 0.25) is 0 Å². The van der Waals surface area contributed by atoms with Gasteiger partial charge in [-0.05, 0) is 55.3 Å². The number of hydrogen-bond acceptors (Lipinski definition) is 8. The van der Waals surface area contributed by atoms with Crippen LogP contribution in [0.1, 0.15) is 24.5 Å². The standard InChI is InChI=1S/C23H25N5OS2/c1-3-27-9-11-28(12-10-27)21-20-19(25-23(26-21)30-2)17-14-6-4-7-15(14)18(24-22(17)31-20)16-8-5-13-29-16/h5,8,13H,3-4,6-7,9-12H2,1-2H3. The summed E-state index contributed by atoms with van der Waals surface area (Å²) in [6.45, 7) is 7.52. The Balaban J connectivity index is 1.58. The largest absolute Gasteiger partial charge is 0.463 e. The lowest BCUT2D eigenvalue weighted by molar-refractivity contribution is 0.270. The lowest BCUT2D eigenvalue weighted by Gasteiger charge is -2.34. The van der Waals surface area contributed by atoms with E-state index in [1.165, 1.54) is 21.2 Å². The third-order valence-corrected chi connectivity index (χ3v) is 8.17. The number of hydrogen-bond donors (Lipinski definition) is 0. The van der Waals surface area contributed by atoms with Crippen LogP contribution in [0, 0.1) is 0 Å². The van der Waals surface area contributed by atoms with Crippen molar-refractivity contribution in [1.29, 1.82) is 0 Å². The molecule has 2 aliphatic rings. The van der Waals surface area contributed by atoms with Crippen molar-refractivity contribution in [3.63, 3.8) is 0 Å². The number of thioether (sulfide) groups is 1. The Hall–Kier alpha value is -2.16. The van der Waals surface area contributed by atoms with E-state index in [0.29, 0.717) is 0 Å². The van der Waals surface area contributed by atoms with Crippen LogP contribution in [0.25, 0.3) is 31.9 Å². The van der Waals surface area contributed by atoms with Gasteiger partial charge in [-0.3, -0.25) is 0 Å². The first-order chi connectivity index (χ1) is 15.3. The number of rotatable bonds is 4. The molecule has 0 saturated carbocycles. The zero-order chi connectivity index (χ0) is 20.9. The summed E-state index contributed by atoms with van der Waals surface area (Å²) in [7, 11) is 0. The lowest BCUT2D eigenvalue weighted by atomic mass is 10.0. The van der Waals surface area contributed by atoms with Crippen LogP contribution in [0.4, 0.5) is 5.82 Å². The third kappa shape index (κ3) is 3.15. The number of aromatic nitrogens is 3. The fourth-order valence-corrected chi connectivity index (χ4v) is 6.45. The minimum Gasteiger partial charge on any atom is -0.463 e. The zero-order valence-corrected chi connectivity index (χ0v) is 19.5. The first kappa shape index (κ1) is 19.5. The van der Waals surface area contributed by atoms with Crippen LogP contribution in [0.15, 0.2) is 28.0 Å². The summed E-state index contributed by atoms with van der Waals surface area (Å²) in [5, 5.41) is 2.09. The topological polar surface area (TPSA) is 58.3 Å². The molecule has 5 heterocycles. The molecule has 0 N–H and O–H groups in total. The van der Waals surface area contributed by atoms with Crippen molar-refractivity contribution in [3.8, 4) is 11.5 Å². The summed E-state index contributed by atoms with van der Waals surface area (Å²) in [4.78, 5) is 21.1. The Kier molecular flexibility index (Phi) is 4.89. The number of aryl methyl sites for hydroxylation is 1. The van der Waals surface area contributed by atoms with E-state index in [9.17, 15) is 0 Å². The molecule has 6 rings (SSSR count). The molecular formula is C23H25N5OS2. The second kappa shape index (κ2) is 7.76. The van der Waals surface area contributed by atoms with Gasteiger partial charge in [0, 0.05) is 31.6 Å². The van der Waals surface area contributed by atoms with E-state index >= 15 is 0 Å². The molecule has 0 amide bonds. The molecular weight excluding hydrogens is 426 g/mol. The highest BCUT2D eigenvalue weighted by Gasteiger charge is 2.28. The third-order valence-electron chi connectivity index (χ3n) is 6.55. The van der Waals surface area contributed by atoms with Crippen LogP contribution in [-0.2, 0) is 12.8 Å². The van der Waals surface area contributed by atoms with Crippen molar-refractivity contribution in [1.82, 2.24) is 19.9 Å². The molecule has 0 bridgehead atoms. The number of thiophene rings is 1. The first-order valence-corrected chi connectivity index (χ1v) is 13.0. The Morgan fingerprint density at radius 1 is 1.10 bits per heavy atom. The van der Waals surface area contributed by atoms with Crippen molar-refractivity contribution in [2.75, 3.05) is 43.9 Å². The average molecular weight is 452 g/mol. The molecule has 1 aliphatic heterocycles. The summed E-state index contributed by atoms with van der Waals surface area (Å²) in [6.07, 6.45) is 7.09. The van der Waals surface area contributed by atoms with E-state index in [1.807, 2.05) is 12.1 Å². The first-order valence-electron chi connectivity index (χ1n) is 11.0. The van der Waals surface area contributed by atoms with Crippen molar-refractivity contribution in [3.05, 3.63) is 29.5 Å². The van der Waals surface area contributed by atoms with Crippen molar-refractivity contribution < 1.29 is 4.42 Å². The van der Waals surface area contributed by atoms with Gasteiger partial charge in [0.25, 0.3) is 0 Å². The maximum Gasteiger partial charge on any atom is 0.189 e. The molecule has 8 heteroatoms. The molecule has 1 fully saturated rings. The molecule has 0 atom stereocenters. The van der Waals surface area contributed by atoms with Crippen LogP contribution < -0.4 is 4.90 Å². The molecule has 0 unspecified atom stereocenters. The second-order valence-electron chi connectivity index (χ2n) is 8.16. The van der Waals surface area contributed by atoms with Gasteiger partial charge in [-0.15, -0.1) is 11.3 Å². The molecule has 160 valence electrons. The predicted octanol–water partition coefficient (Wildman–Crippen LogP) is 4.85. The summed E-state index contributed by atoms with van der Waals surface area (Å²) in [5.74, 6) is 1.95. The van der Waals surface area contributed by atoms with Gasteiger partial charge in [0.1, 0.15) is 10.5 Å².